The van der Waals surface area contributed by atoms with E-state index in [4.69, 9.17) is 15.2 Å². The molecule has 3 heteroatoms. The van der Waals surface area contributed by atoms with Crippen molar-refractivity contribution in [3.05, 3.63) is 23.3 Å². The first-order chi connectivity index (χ1) is 6.72. The Morgan fingerprint density at radius 1 is 1.29 bits per heavy atom. The predicted octanol–water partition coefficient (Wildman–Crippen LogP) is 1.40. The molecule has 1 aliphatic rings. The highest BCUT2D eigenvalue weighted by molar-refractivity contribution is 5.51. The molecule has 1 aliphatic heterocycles. The molecule has 2 N–H and O–H groups in total. The van der Waals surface area contributed by atoms with Gasteiger partial charge in [-0.1, -0.05) is 12.1 Å². The number of rotatable bonds is 1. The summed E-state index contributed by atoms with van der Waals surface area (Å²) in [4.78, 5) is 0. The SMILES string of the molecule is Cc1ccc(C)c2c1OCC(CN)O2. The van der Waals surface area contributed by atoms with Crippen molar-refractivity contribution in [3.63, 3.8) is 0 Å². The van der Waals surface area contributed by atoms with Gasteiger partial charge in [-0.2, -0.15) is 0 Å². The van der Waals surface area contributed by atoms with Gasteiger partial charge < -0.3 is 15.2 Å². The molecule has 0 aromatic heterocycles. The minimum Gasteiger partial charge on any atom is -0.485 e. The Balaban J connectivity index is 2.40. The van der Waals surface area contributed by atoms with Crippen LogP contribution in [-0.2, 0) is 0 Å². The van der Waals surface area contributed by atoms with E-state index in [0.29, 0.717) is 13.2 Å². The number of ether oxygens (including phenoxy) is 2. The Labute approximate surface area is 83.8 Å². The van der Waals surface area contributed by atoms with E-state index < -0.39 is 0 Å². The average molecular weight is 193 g/mol. The van der Waals surface area contributed by atoms with Gasteiger partial charge in [0.2, 0.25) is 0 Å². The van der Waals surface area contributed by atoms with Crippen molar-refractivity contribution < 1.29 is 9.47 Å². The van der Waals surface area contributed by atoms with Crippen LogP contribution in [0, 0.1) is 13.8 Å². The zero-order chi connectivity index (χ0) is 10.1. The zero-order valence-corrected chi connectivity index (χ0v) is 8.54. The highest BCUT2D eigenvalue weighted by Gasteiger charge is 2.22. The van der Waals surface area contributed by atoms with Gasteiger partial charge in [0.05, 0.1) is 0 Å². The molecule has 1 heterocycles. The standard InChI is InChI=1S/C11H15NO2/c1-7-3-4-8(2)11-10(7)13-6-9(5-12)14-11/h3-4,9H,5-6,12H2,1-2H3. The normalized spacial score (nSPS) is 19.5. The summed E-state index contributed by atoms with van der Waals surface area (Å²) < 4.78 is 11.4. The van der Waals surface area contributed by atoms with Gasteiger partial charge in [-0.3, -0.25) is 0 Å². The van der Waals surface area contributed by atoms with E-state index in [2.05, 4.69) is 0 Å². The van der Waals surface area contributed by atoms with Crippen LogP contribution in [-0.4, -0.2) is 19.3 Å². The molecule has 0 saturated heterocycles. The molecule has 76 valence electrons. The van der Waals surface area contributed by atoms with E-state index >= 15 is 0 Å². The molecule has 1 atom stereocenters. The van der Waals surface area contributed by atoms with Gasteiger partial charge in [-0.25, -0.2) is 0 Å². The van der Waals surface area contributed by atoms with E-state index in [1.807, 2.05) is 26.0 Å². The van der Waals surface area contributed by atoms with Crippen molar-refractivity contribution in [2.24, 2.45) is 5.73 Å². The van der Waals surface area contributed by atoms with Crippen LogP contribution in [0.15, 0.2) is 12.1 Å². The third-order valence-corrected chi connectivity index (χ3v) is 2.47. The second-order valence-corrected chi connectivity index (χ2v) is 3.64. The molecule has 3 nitrogen and oxygen atoms in total. The molecule has 1 aromatic carbocycles. The zero-order valence-electron chi connectivity index (χ0n) is 8.54. The first-order valence-corrected chi connectivity index (χ1v) is 4.82. The summed E-state index contributed by atoms with van der Waals surface area (Å²) in [6, 6.07) is 4.08. The summed E-state index contributed by atoms with van der Waals surface area (Å²) in [5.41, 5.74) is 7.76. The average Bonchev–Trinajstić information content (AvgIpc) is 2.23. The number of fused-ring (bicyclic) bond motifs is 1. The van der Waals surface area contributed by atoms with Gasteiger partial charge in [0, 0.05) is 6.54 Å². The lowest BCUT2D eigenvalue weighted by molar-refractivity contribution is 0.0952. The Morgan fingerprint density at radius 2 is 1.93 bits per heavy atom. The van der Waals surface area contributed by atoms with Crippen LogP contribution in [0.1, 0.15) is 11.1 Å². The maximum absolute atomic E-state index is 5.74. The minimum absolute atomic E-state index is 0.0111. The number of nitrogens with two attached hydrogens (primary N) is 1. The molecule has 1 unspecified atom stereocenters. The largest absolute Gasteiger partial charge is 0.485 e. The molecule has 1 aromatic rings. The number of aryl methyl sites for hydroxylation is 2. The number of hydrogen-bond acceptors (Lipinski definition) is 3. The van der Waals surface area contributed by atoms with Crippen molar-refractivity contribution >= 4 is 0 Å². The fraction of sp³-hybridized carbons (Fsp3) is 0.455. The minimum atomic E-state index is -0.0111. The van der Waals surface area contributed by atoms with Crippen LogP contribution in [0.5, 0.6) is 11.5 Å². The Morgan fingerprint density at radius 3 is 2.57 bits per heavy atom. The lowest BCUT2D eigenvalue weighted by Gasteiger charge is -2.27. The third kappa shape index (κ3) is 1.44. The van der Waals surface area contributed by atoms with Crippen LogP contribution in [0.25, 0.3) is 0 Å². The van der Waals surface area contributed by atoms with E-state index in [9.17, 15) is 0 Å². The smallest absolute Gasteiger partial charge is 0.165 e. The van der Waals surface area contributed by atoms with Crippen LogP contribution < -0.4 is 15.2 Å². The molecule has 0 spiro atoms. The Hall–Kier alpha value is -1.22. The molecule has 0 radical (unpaired) electrons. The lowest BCUT2D eigenvalue weighted by Crippen LogP contribution is -2.36. The summed E-state index contributed by atoms with van der Waals surface area (Å²) in [6.07, 6.45) is -0.0111. The van der Waals surface area contributed by atoms with E-state index in [-0.39, 0.29) is 6.10 Å². The molecule has 2 rings (SSSR count). The van der Waals surface area contributed by atoms with Crippen LogP contribution >= 0.6 is 0 Å². The van der Waals surface area contributed by atoms with Crippen LogP contribution in [0.4, 0.5) is 0 Å². The van der Waals surface area contributed by atoms with Crippen LogP contribution in [0.2, 0.25) is 0 Å². The van der Waals surface area contributed by atoms with Gasteiger partial charge in [0.1, 0.15) is 12.7 Å². The molecular weight excluding hydrogens is 178 g/mol. The molecule has 0 bridgehead atoms. The molecular formula is C11H15NO2. The van der Waals surface area contributed by atoms with E-state index in [1.54, 1.807) is 0 Å². The maximum atomic E-state index is 5.74. The highest BCUT2D eigenvalue weighted by Crippen LogP contribution is 2.37. The Kier molecular flexibility index (Phi) is 2.33. The summed E-state index contributed by atoms with van der Waals surface area (Å²) in [7, 11) is 0. The second kappa shape index (κ2) is 3.50. The summed E-state index contributed by atoms with van der Waals surface area (Å²) >= 11 is 0. The van der Waals surface area contributed by atoms with Crippen molar-refractivity contribution in [1.82, 2.24) is 0 Å². The van der Waals surface area contributed by atoms with Crippen molar-refractivity contribution in [2.75, 3.05) is 13.2 Å². The molecule has 0 aliphatic carbocycles. The topological polar surface area (TPSA) is 44.5 Å². The lowest BCUT2D eigenvalue weighted by atomic mass is 10.1. The fourth-order valence-corrected chi connectivity index (χ4v) is 1.58. The van der Waals surface area contributed by atoms with Gasteiger partial charge in [-0.15, -0.1) is 0 Å². The van der Waals surface area contributed by atoms with Gasteiger partial charge in [0.15, 0.2) is 11.5 Å². The third-order valence-electron chi connectivity index (χ3n) is 2.47. The van der Waals surface area contributed by atoms with Crippen molar-refractivity contribution in [2.45, 2.75) is 20.0 Å². The first-order valence-electron chi connectivity index (χ1n) is 4.82. The van der Waals surface area contributed by atoms with Crippen molar-refractivity contribution in [3.8, 4) is 11.5 Å². The monoisotopic (exact) mass is 193 g/mol. The van der Waals surface area contributed by atoms with E-state index in [0.717, 1.165) is 22.6 Å². The Bertz CT molecular complexity index is 349. The maximum Gasteiger partial charge on any atom is 0.165 e. The van der Waals surface area contributed by atoms with Gasteiger partial charge in [-0.05, 0) is 25.0 Å². The summed E-state index contributed by atoms with van der Waals surface area (Å²) in [5.74, 6) is 1.72. The second-order valence-electron chi connectivity index (χ2n) is 3.64. The van der Waals surface area contributed by atoms with Gasteiger partial charge >= 0.3 is 0 Å². The number of benzene rings is 1. The van der Waals surface area contributed by atoms with Crippen LogP contribution in [0.3, 0.4) is 0 Å². The molecule has 14 heavy (non-hydrogen) atoms. The van der Waals surface area contributed by atoms with Crippen molar-refractivity contribution in [1.29, 1.82) is 0 Å². The van der Waals surface area contributed by atoms with E-state index in [1.165, 1.54) is 0 Å². The quantitative estimate of drug-likeness (QED) is 0.733. The van der Waals surface area contributed by atoms with Gasteiger partial charge in [0.25, 0.3) is 0 Å². The predicted molar refractivity (Wildman–Crippen MR) is 54.9 cm³/mol. The molecule has 0 saturated carbocycles. The molecule has 0 fully saturated rings. The fourth-order valence-electron chi connectivity index (χ4n) is 1.58. The summed E-state index contributed by atoms with van der Waals surface area (Å²) in [5, 5.41) is 0. The summed E-state index contributed by atoms with van der Waals surface area (Å²) in [6.45, 7) is 5.07. The highest BCUT2D eigenvalue weighted by atomic mass is 16.6. The number of hydrogen-bond donors (Lipinski definition) is 1. The molecule has 0 amide bonds. The first kappa shape index (κ1) is 9.34.